The van der Waals surface area contributed by atoms with Crippen molar-refractivity contribution in [2.24, 2.45) is 0 Å². The van der Waals surface area contributed by atoms with Crippen LogP contribution < -0.4 is 15.8 Å². The van der Waals surface area contributed by atoms with Crippen LogP contribution in [0.3, 0.4) is 0 Å². The van der Waals surface area contributed by atoms with Gasteiger partial charge in [-0.2, -0.15) is 0 Å². The summed E-state index contributed by atoms with van der Waals surface area (Å²) in [4.78, 5) is 11.9. The first-order chi connectivity index (χ1) is 10.1. The van der Waals surface area contributed by atoms with Crippen LogP contribution >= 0.6 is 0 Å². The number of nitrogens with one attached hydrogen (secondary N) is 1. The van der Waals surface area contributed by atoms with E-state index in [1.165, 1.54) is 0 Å². The molecule has 0 aliphatic rings. The monoisotopic (exact) mass is 284 g/mol. The van der Waals surface area contributed by atoms with Gasteiger partial charge < -0.3 is 15.8 Å². The van der Waals surface area contributed by atoms with Gasteiger partial charge in [-0.05, 0) is 43.2 Å². The Balaban J connectivity index is 1.85. The molecule has 0 aromatic heterocycles. The van der Waals surface area contributed by atoms with Gasteiger partial charge in [-0.25, -0.2) is 0 Å². The summed E-state index contributed by atoms with van der Waals surface area (Å²) in [5, 5.41) is 2.90. The predicted molar refractivity (Wildman–Crippen MR) is 85.5 cm³/mol. The summed E-state index contributed by atoms with van der Waals surface area (Å²) in [6.45, 7) is 4.26. The lowest BCUT2D eigenvalue weighted by molar-refractivity contribution is -0.116. The van der Waals surface area contributed by atoms with E-state index in [9.17, 15) is 4.79 Å². The number of hydrogen-bond donors (Lipinski definition) is 2. The van der Waals surface area contributed by atoms with Crippen molar-refractivity contribution >= 4 is 17.3 Å². The molecule has 0 saturated heterocycles. The Labute approximate surface area is 124 Å². The first-order valence-corrected chi connectivity index (χ1v) is 6.90. The lowest BCUT2D eigenvalue weighted by atomic mass is 10.1. The molecule has 110 valence electrons. The zero-order chi connectivity index (χ0) is 15.2. The zero-order valence-corrected chi connectivity index (χ0v) is 12.3. The Morgan fingerprint density at radius 3 is 2.71 bits per heavy atom. The van der Waals surface area contributed by atoms with Crippen molar-refractivity contribution in [3.05, 3.63) is 53.6 Å². The number of carbonyl (C=O) groups is 1. The van der Waals surface area contributed by atoms with Crippen LogP contribution in [0, 0.1) is 13.8 Å². The average Bonchev–Trinajstić information content (AvgIpc) is 2.45. The van der Waals surface area contributed by atoms with Gasteiger partial charge >= 0.3 is 0 Å². The normalized spacial score (nSPS) is 10.2. The highest BCUT2D eigenvalue weighted by Gasteiger charge is 2.06. The maximum atomic E-state index is 11.9. The van der Waals surface area contributed by atoms with Crippen molar-refractivity contribution < 1.29 is 9.53 Å². The highest BCUT2D eigenvalue weighted by Crippen LogP contribution is 2.20. The first kappa shape index (κ1) is 14.9. The van der Waals surface area contributed by atoms with Gasteiger partial charge in [0, 0.05) is 5.69 Å². The second kappa shape index (κ2) is 6.79. The van der Waals surface area contributed by atoms with E-state index < -0.39 is 0 Å². The van der Waals surface area contributed by atoms with Crippen molar-refractivity contribution in [2.75, 3.05) is 17.7 Å². The maximum Gasteiger partial charge on any atom is 0.227 e. The quantitative estimate of drug-likeness (QED) is 0.828. The fraction of sp³-hybridized carbons (Fsp3) is 0.235. The van der Waals surface area contributed by atoms with E-state index in [0.29, 0.717) is 18.0 Å². The second-order valence-corrected chi connectivity index (χ2v) is 5.00. The minimum absolute atomic E-state index is 0.0711. The van der Waals surface area contributed by atoms with E-state index in [-0.39, 0.29) is 12.3 Å². The van der Waals surface area contributed by atoms with Gasteiger partial charge in [0.2, 0.25) is 5.91 Å². The topological polar surface area (TPSA) is 64.3 Å². The highest BCUT2D eigenvalue weighted by atomic mass is 16.5. The van der Waals surface area contributed by atoms with Crippen LogP contribution in [0.2, 0.25) is 0 Å². The van der Waals surface area contributed by atoms with Crippen LogP contribution in [0.5, 0.6) is 5.75 Å². The number of benzene rings is 2. The summed E-state index contributed by atoms with van der Waals surface area (Å²) in [6.07, 6.45) is 0.279. The van der Waals surface area contributed by atoms with Gasteiger partial charge in [0.15, 0.2) is 0 Å². The average molecular weight is 284 g/mol. The third-order valence-corrected chi connectivity index (χ3v) is 3.17. The third kappa shape index (κ3) is 4.24. The van der Waals surface area contributed by atoms with E-state index in [0.717, 1.165) is 16.8 Å². The van der Waals surface area contributed by atoms with Gasteiger partial charge in [-0.1, -0.05) is 24.3 Å². The molecule has 1 amide bonds. The Bertz CT molecular complexity index is 638. The van der Waals surface area contributed by atoms with Gasteiger partial charge in [0.1, 0.15) is 5.75 Å². The molecule has 0 aliphatic carbocycles. The number of hydrogen-bond acceptors (Lipinski definition) is 3. The molecule has 4 heteroatoms. The first-order valence-electron chi connectivity index (χ1n) is 6.90. The summed E-state index contributed by atoms with van der Waals surface area (Å²) in [5.41, 5.74) is 9.35. The van der Waals surface area contributed by atoms with Gasteiger partial charge in [0.05, 0.1) is 18.7 Å². The van der Waals surface area contributed by atoms with Crippen LogP contribution in [0.25, 0.3) is 0 Å². The molecule has 0 saturated carbocycles. The lowest BCUT2D eigenvalue weighted by Crippen LogP contribution is -2.16. The molecule has 0 aliphatic heterocycles. The summed E-state index contributed by atoms with van der Waals surface area (Å²) in [6, 6.07) is 13.2. The smallest absolute Gasteiger partial charge is 0.227 e. The molecule has 2 rings (SSSR count). The number of ether oxygens (including phenoxy) is 1. The molecule has 0 bridgehead atoms. The Kier molecular flexibility index (Phi) is 4.82. The number of rotatable bonds is 5. The number of aryl methyl sites for hydroxylation is 2. The van der Waals surface area contributed by atoms with Crippen molar-refractivity contribution in [3.63, 3.8) is 0 Å². The highest BCUT2D eigenvalue weighted by molar-refractivity contribution is 5.91. The van der Waals surface area contributed by atoms with Gasteiger partial charge in [-0.15, -0.1) is 0 Å². The minimum atomic E-state index is -0.0711. The van der Waals surface area contributed by atoms with Gasteiger partial charge in [-0.3, -0.25) is 4.79 Å². The third-order valence-electron chi connectivity index (χ3n) is 3.17. The predicted octanol–water partition coefficient (Wildman–Crippen LogP) is 3.29. The molecule has 0 atom stereocenters. The van der Waals surface area contributed by atoms with Crippen molar-refractivity contribution in [3.8, 4) is 5.75 Å². The van der Waals surface area contributed by atoms with E-state index in [1.807, 2.05) is 44.2 Å². The standard InChI is InChI=1S/C17H20N2O2/c1-12-7-8-13(2)15(11-12)19-17(20)9-10-21-16-6-4-3-5-14(16)18/h3-8,11H,9-10,18H2,1-2H3,(H,19,20). The minimum Gasteiger partial charge on any atom is -0.491 e. The fourth-order valence-electron chi connectivity index (χ4n) is 1.95. The summed E-state index contributed by atoms with van der Waals surface area (Å²) in [7, 11) is 0. The molecular weight excluding hydrogens is 264 g/mol. The number of anilines is 2. The molecule has 0 unspecified atom stereocenters. The van der Waals surface area contributed by atoms with E-state index in [4.69, 9.17) is 10.5 Å². The zero-order valence-electron chi connectivity index (χ0n) is 12.3. The van der Waals surface area contributed by atoms with Crippen molar-refractivity contribution in [2.45, 2.75) is 20.3 Å². The number of nitrogen functional groups attached to an aromatic ring is 1. The SMILES string of the molecule is Cc1ccc(C)c(NC(=O)CCOc2ccccc2N)c1. The molecule has 2 aromatic carbocycles. The van der Waals surface area contributed by atoms with Crippen LogP contribution in [-0.4, -0.2) is 12.5 Å². The van der Waals surface area contributed by atoms with Crippen molar-refractivity contribution in [1.29, 1.82) is 0 Å². The molecule has 0 spiro atoms. The second-order valence-electron chi connectivity index (χ2n) is 5.00. The molecule has 0 radical (unpaired) electrons. The lowest BCUT2D eigenvalue weighted by Gasteiger charge is -2.11. The molecule has 0 heterocycles. The van der Waals surface area contributed by atoms with E-state index >= 15 is 0 Å². The Hall–Kier alpha value is -2.49. The van der Waals surface area contributed by atoms with Crippen LogP contribution in [0.15, 0.2) is 42.5 Å². The molecule has 2 aromatic rings. The van der Waals surface area contributed by atoms with Crippen LogP contribution in [-0.2, 0) is 4.79 Å². The largest absolute Gasteiger partial charge is 0.491 e. The van der Waals surface area contributed by atoms with Crippen LogP contribution in [0.1, 0.15) is 17.5 Å². The molecule has 21 heavy (non-hydrogen) atoms. The molecular formula is C17H20N2O2. The Morgan fingerprint density at radius 1 is 1.19 bits per heavy atom. The van der Waals surface area contributed by atoms with E-state index in [2.05, 4.69) is 5.32 Å². The number of carbonyl (C=O) groups excluding carboxylic acids is 1. The van der Waals surface area contributed by atoms with Crippen molar-refractivity contribution in [1.82, 2.24) is 0 Å². The van der Waals surface area contributed by atoms with E-state index in [1.54, 1.807) is 12.1 Å². The fourth-order valence-corrected chi connectivity index (χ4v) is 1.95. The maximum absolute atomic E-state index is 11.9. The summed E-state index contributed by atoms with van der Waals surface area (Å²) < 4.78 is 5.51. The number of para-hydroxylation sites is 2. The Morgan fingerprint density at radius 2 is 1.95 bits per heavy atom. The molecule has 4 nitrogen and oxygen atoms in total. The number of nitrogens with two attached hydrogens (primary N) is 1. The number of amides is 1. The molecule has 0 fully saturated rings. The summed E-state index contributed by atoms with van der Waals surface area (Å²) in [5.74, 6) is 0.537. The molecule has 3 N–H and O–H groups in total. The van der Waals surface area contributed by atoms with Gasteiger partial charge in [0.25, 0.3) is 0 Å². The van der Waals surface area contributed by atoms with Crippen LogP contribution in [0.4, 0.5) is 11.4 Å². The summed E-state index contributed by atoms with van der Waals surface area (Å²) >= 11 is 0.